The van der Waals surface area contributed by atoms with Crippen molar-refractivity contribution >= 4 is 5.84 Å². The zero-order valence-corrected chi connectivity index (χ0v) is 4.56. The molecule has 0 aliphatic carbocycles. The molecule has 4 nitrogen and oxygen atoms in total. The van der Waals surface area contributed by atoms with Gasteiger partial charge in [0.2, 0.25) is 0 Å². The lowest BCUT2D eigenvalue weighted by atomic mass is 10.6. The lowest BCUT2D eigenvalue weighted by molar-refractivity contribution is 0.242. The Labute approximate surface area is 47.6 Å². The Kier molecular flexibility index (Phi) is 3.54. The highest BCUT2D eigenvalue weighted by atomic mass is 16.5. The van der Waals surface area contributed by atoms with Crippen LogP contribution in [-0.4, -0.2) is 19.6 Å². The summed E-state index contributed by atoms with van der Waals surface area (Å²) in [5, 5.41) is 16.8. The van der Waals surface area contributed by atoms with E-state index in [-0.39, 0.29) is 12.4 Å². The van der Waals surface area contributed by atoms with E-state index in [1.54, 1.807) is 6.19 Å². The predicted molar refractivity (Wildman–Crippen MR) is 28.4 cm³/mol. The standard InChI is InChI=1S/C4H7N3O/c1-8-2-4(6)7-3-5/h2H2,1H3,(H2,6,7). The van der Waals surface area contributed by atoms with Crippen LogP contribution in [0.25, 0.3) is 0 Å². The highest BCUT2D eigenvalue weighted by molar-refractivity contribution is 5.81. The Morgan fingerprint density at radius 3 is 3.00 bits per heavy atom. The first kappa shape index (κ1) is 6.92. The van der Waals surface area contributed by atoms with Crippen molar-refractivity contribution in [2.75, 3.05) is 13.7 Å². The Morgan fingerprint density at radius 2 is 2.62 bits per heavy atom. The molecular formula is C4H7N3O. The van der Waals surface area contributed by atoms with Gasteiger partial charge >= 0.3 is 0 Å². The van der Waals surface area contributed by atoms with E-state index in [4.69, 9.17) is 10.7 Å². The molecule has 0 aliphatic heterocycles. The minimum atomic E-state index is 0.0787. The van der Waals surface area contributed by atoms with Crippen molar-refractivity contribution in [1.29, 1.82) is 10.7 Å². The van der Waals surface area contributed by atoms with Crippen molar-refractivity contribution in [3.8, 4) is 6.19 Å². The topological polar surface area (TPSA) is 68.9 Å². The molecule has 0 heterocycles. The van der Waals surface area contributed by atoms with Crippen molar-refractivity contribution in [3.05, 3.63) is 0 Å². The molecule has 0 aromatic carbocycles. The lowest BCUT2D eigenvalue weighted by Crippen LogP contribution is -2.20. The van der Waals surface area contributed by atoms with Gasteiger partial charge in [-0.1, -0.05) is 0 Å². The van der Waals surface area contributed by atoms with Gasteiger partial charge in [0.1, 0.15) is 12.4 Å². The van der Waals surface area contributed by atoms with E-state index < -0.39 is 0 Å². The Morgan fingerprint density at radius 1 is 2.00 bits per heavy atom. The van der Waals surface area contributed by atoms with Crippen LogP contribution in [0.5, 0.6) is 0 Å². The first-order chi connectivity index (χ1) is 3.81. The fourth-order valence-corrected chi connectivity index (χ4v) is 0.248. The number of nitrogens with zero attached hydrogens (tertiary/aromatic N) is 1. The van der Waals surface area contributed by atoms with Crippen molar-refractivity contribution in [1.82, 2.24) is 5.32 Å². The summed E-state index contributed by atoms with van der Waals surface area (Å²) >= 11 is 0. The Hall–Kier alpha value is -1.08. The van der Waals surface area contributed by atoms with E-state index in [9.17, 15) is 0 Å². The molecule has 0 radical (unpaired) electrons. The van der Waals surface area contributed by atoms with E-state index in [1.165, 1.54) is 7.11 Å². The molecule has 0 rings (SSSR count). The molecule has 0 saturated carbocycles. The van der Waals surface area contributed by atoms with Gasteiger partial charge in [0, 0.05) is 7.11 Å². The van der Waals surface area contributed by atoms with Gasteiger partial charge in [0.05, 0.1) is 0 Å². The monoisotopic (exact) mass is 113 g/mol. The largest absolute Gasteiger partial charge is 0.377 e. The van der Waals surface area contributed by atoms with Gasteiger partial charge in [-0.05, 0) is 0 Å². The van der Waals surface area contributed by atoms with Crippen LogP contribution in [0.3, 0.4) is 0 Å². The summed E-state index contributed by atoms with van der Waals surface area (Å²) in [5.41, 5.74) is 0. The van der Waals surface area contributed by atoms with Gasteiger partial charge in [0.15, 0.2) is 6.19 Å². The third-order valence-electron chi connectivity index (χ3n) is 0.495. The molecule has 0 aromatic heterocycles. The first-order valence-electron chi connectivity index (χ1n) is 2.02. The minimum Gasteiger partial charge on any atom is -0.377 e. The average Bonchev–Trinajstić information content (AvgIpc) is 1.68. The maximum atomic E-state index is 7.91. The van der Waals surface area contributed by atoms with Gasteiger partial charge in [0.25, 0.3) is 0 Å². The second-order valence-electron chi connectivity index (χ2n) is 1.15. The van der Waals surface area contributed by atoms with Crippen LogP contribution in [-0.2, 0) is 4.74 Å². The van der Waals surface area contributed by atoms with Crippen molar-refractivity contribution in [3.63, 3.8) is 0 Å². The maximum absolute atomic E-state index is 7.91. The zero-order chi connectivity index (χ0) is 6.41. The number of rotatable bonds is 2. The van der Waals surface area contributed by atoms with Gasteiger partial charge < -0.3 is 4.74 Å². The van der Waals surface area contributed by atoms with E-state index in [2.05, 4.69) is 10.1 Å². The highest BCUT2D eigenvalue weighted by Crippen LogP contribution is 1.65. The van der Waals surface area contributed by atoms with Crippen LogP contribution in [0.15, 0.2) is 0 Å². The molecule has 0 unspecified atom stereocenters. The van der Waals surface area contributed by atoms with Crippen LogP contribution in [0.4, 0.5) is 0 Å². The fraction of sp³-hybridized carbons (Fsp3) is 0.500. The Balaban J connectivity index is 3.23. The number of nitrogens with one attached hydrogen (secondary N) is 2. The second kappa shape index (κ2) is 4.09. The number of methoxy groups -OCH3 is 1. The molecule has 0 fully saturated rings. The van der Waals surface area contributed by atoms with Crippen LogP contribution in [0.1, 0.15) is 0 Å². The molecule has 44 valence electrons. The Bertz CT molecular complexity index is 115. The summed E-state index contributed by atoms with van der Waals surface area (Å²) in [7, 11) is 1.47. The summed E-state index contributed by atoms with van der Waals surface area (Å²) in [4.78, 5) is 0. The quantitative estimate of drug-likeness (QED) is 0.223. The summed E-state index contributed by atoms with van der Waals surface area (Å²) in [5.74, 6) is 0.0787. The number of nitriles is 1. The second-order valence-corrected chi connectivity index (χ2v) is 1.15. The van der Waals surface area contributed by atoms with E-state index in [0.29, 0.717) is 0 Å². The molecule has 0 aliphatic rings. The fourth-order valence-electron chi connectivity index (χ4n) is 0.248. The normalized spacial score (nSPS) is 7.50. The van der Waals surface area contributed by atoms with Gasteiger partial charge in [-0.3, -0.25) is 10.7 Å². The van der Waals surface area contributed by atoms with Crippen LogP contribution in [0, 0.1) is 16.9 Å². The molecule has 4 heteroatoms. The molecule has 0 spiro atoms. The molecule has 8 heavy (non-hydrogen) atoms. The summed E-state index contributed by atoms with van der Waals surface area (Å²) < 4.78 is 4.52. The predicted octanol–water partition coefficient (Wildman–Crippen LogP) is -0.319. The number of ether oxygens (including phenoxy) is 1. The summed E-state index contributed by atoms with van der Waals surface area (Å²) in [6.07, 6.45) is 1.60. The third-order valence-corrected chi connectivity index (χ3v) is 0.495. The van der Waals surface area contributed by atoms with Gasteiger partial charge in [-0.15, -0.1) is 0 Å². The third kappa shape index (κ3) is 3.12. The maximum Gasteiger partial charge on any atom is 0.182 e. The highest BCUT2D eigenvalue weighted by Gasteiger charge is 1.88. The first-order valence-corrected chi connectivity index (χ1v) is 2.02. The molecule has 0 bridgehead atoms. The minimum absolute atomic E-state index is 0.0787. The van der Waals surface area contributed by atoms with E-state index >= 15 is 0 Å². The number of hydrogen-bond donors (Lipinski definition) is 2. The molecular weight excluding hydrogens is 106 g/mol. The number of amidine groups is 1. The molecule has 0 saturated heterocycles. The molecule has 0 aromatic rings. The van der Waals surface area contributed by atoms with Gasteiger partial charge in [-0.25, -0.2) is 0 Å². The van der Waals surface area contributed by atoms with Crippen molar-refractivity contribution < 1.29 is 4.74 Å². The SMILES string of the molecule is COCC(=N)NC#N. The zero-order valence-electron chi connectivity index (χ0n) is 4.56. The summed E-state index contributed by atoms with van der Waals surface area (Å²) in [6, 6.07) is 0. The smallest absolute Gasteiger partial charge is 0.182 e. The van der Waals surface area contributed by atoms with Gasteiger partial charge in [-0.2, -0.15) is 5.26 Å². The van der Waals surface area contributed by atoms with Crippen LogP contribution < -0.4 is 5.32 Å². The molecule has 2 N–H and O–H groups in total. The van der Waals surface area contributed by atoms with E-state index in [0.717, 1.165) is 0 Å². The van der Waals surface area contributed by atoms with Crippen LogP contribution in [0.2, 0.25) is 0 Å². The molecule has 0 amide bonds. The lowest BCUT2D eigenvalue weighted by Gasteiger charge is -1.94. The van der Waals surface area contributed by atoms with E-state index in [1.807, 2.05) is 0 Å². The van der Waals surface area contributed by atoms with Crippen LogP contribution >= 0.6 is 0 Å². The summed E-state index contributed by atoms with van der Waals surface area (Å²) in [6.45, 7) is 0.160. The average molecular weight is 113 g/mol. The number of hydrogen-bond acceptors (Lipinski definition) is 3. The van der Waals surface area contributed by atoms with Crippen molar-refractivity contribution in [2.45, 2.75) is 0 Å². The van der Waals surface area contributed by atoms with Crippen molar-refractivity contribution in [2.24, 2.45) is 0 Å². The molecule has 0 atom stereocenters.